The van der Waals surface area contributed by atoms with Crippen molar-refractivity contribution >= 4 is 22.9 Å². The van der Waals surface area contributed by atoms with Crippen LogP contribution in [0.5, 0.6) is 11.5 Å². The molecule has 3 aliphatic heterocycles. The minimum Gasteiger partial charge on any atom is -0.465 e. The van der Waals surface area contributed by atoms with Gasteiger partial charge in [0.05, 0.1) is 11.4 Å². The van der Waals surface area contributed by atoms with Crippen LogP contribution in [0.3, 0.4) is 0 Å². The van der Waals surface area contributed by atoms with Gasteiger partial charge in [-0.15, -0.1) is 0 Å². The number of nitrogens with two attached hydrogens (primary N) is 1. The number of carbonyl (C=O) groups is 1. The minimum atomic E-state index is -0.788. The molecule has 4 aromatic rings. The second-order valence-electron chi connectivity index (χ2n) is 13.4. The average Bonchev–Trinajstić information content (AvgIpc) is 3.41. The number of rotatable bonds is 6. The molecular formula is C34H40N8O3. The zero-order valence-corrected chi connectivity index (χ0v) is 25.5. The van der Waals surface area contributed by atoms with E-state index in [9.17, 15) is 4.79 Å². The molecule has 8 rings (SSSR count). The highest BCUT2D eigenvalue weighted by molar-refractivity contribution is 5.98. The summed E-state index contributed by atoms with van der Waals surface area (Å²) >= 11 is 0. The van der Waals surface area contributed by atoms with Crippen molar-refractivity contribution < 1.29 is 14.6 Å². The maximum absolute atomic E-state index is 11.1. The van der Waals surface area contributed by atoms with E-state index in [1.54, 1.807) is 0 Å². The van der Waals surface area contributed by atoms with E-state index in [2.05, 4.69) is 24.4 Å². The number of benzene rings is 2. The number of ether oxygens (including phenoxy) is 1. The lowest BCUT2D eigenvalue weighted by Crippen LogP contribution is -2.64. The monoisotopic (exact) mass is 608 g/mol. The lowest BCUT2D eigenvalue weighted by Gasteiger charge is -2.57. The number of para-hydroxylation sites is 1. The molecule has 1 aliphatic carbocycles. The molecular weight excluding hydrogens is 568 g/mol. The molecule has 4 aliphatic rings. The summed E-state index contributed by atoms with van der Waals surface area (Å²) in [5.41, 5.74) is 9.46. The van der Waals surface area contributed by atoms with Gasteiger partial charge in [0.15, 0.2) is 5.65 Å². The first kappa shape index (κ1) is 28.3. The van der Waals surface area contributed by atoms with Crippen molar-refractivity contribution in [2.24, 2.45) is 5.41 Å². The summed E-state index contributed by atoms with van der Waals surface area (Å²) in [6, 6.07) is 19.1. The summed E-state index contributed by atoms with van der Waals surface area (Å²) in [7, 11) is 0. The SMILES string of the molecule is Nc1ncnc2c1c(-c1ccc(Oc3ccccc3)cc1)nn2C1CCN(C2CC3(CCN(C4CN(C(=O)O)C4)CC3)C2)CC1. The highest BCUT2D eigenvalue weighted by atomic mass is 16.5. The van der Waals surface area contributed by atoms with E-state index in [4.69, 9.17) is 20.7 Å². The maximum atomic E-state index is 11.1. The number of nitrogen functional groups attached to an aromatic ring is 1. The standard InChI is InChI=1S/C34H40N8O3/c35-31-29-30(23-6-8-28(9-7-23)45-27-4-2-1-3-5-27)38-42(32(29)37-22-36-31)24-10-14-39(15-11-24)25-18-34(19-25)12-16-40(17-13-34)26-20-41(21-26)33(43)44/h1-9,22,24-26H,10-21H2,(H,43,44)(H2,35,36,37). The van der Waals surface area contributed by atoms with Crippen molar-refractivity contribution in [3.05, 3.63) is 60.9 Å². The van der Waals surface area contributed by atoms with Crippen molar-refractivity contribution in [3.8, 4) is 22.8 Å². The van der Waals surface area contributed by atoms with E-state index in [-0.39, 0.29) is 6.04 Å². The lowest BCUT2D eigenvalue weighted by atomic mass is 9.59. The number of piperidine rings is 2. The Labute approximate surface area is 262 Å². The van der Waals surface area contributed by atoms with Crippen LogP contribution >= 0.6 is 0 Å². The molecule has 11 nitrogen and oxygen atoms in total. The number of hydrogen-bond donors (Lipinski definition) is 2. The van der Waals surface area contributed by atoms with E-state index in [0.29, 0.717) is 36.4 Å². The summed E-state index contributed by atoms with van der Waals surface area (Å²) in [6.45, 7) is 5.68. The molecule has 0 unspecified atom stereocenters. The molecule has 1 spiro atoms. The van der Waals surface area contributed by atoms with E-state index < -0.39 is 6.09 Å². The molecule has 0 bridgehead atoms. The predicted molar refractivity (Wildman–Crippen MR) is 171 cm³/mol. The number of hydrogen-bond acceptors (Lipinski definition) is 8. The van der Waals surface area contributed by atoms with Gasteiger partial charge in [-0.25, -0.2) is 19.4 Å². The van der Waals surface area contributed by atoms with Crippen LogP contribution in [-0.2, 0) is 0 Å². The van der Waals surface area contributed by atoms with Crippen LogP contribution in [-0.4, -0.2) is 97.0 Å². The van der Waals surface area contributed by atoms with Crippen LogP contribution < -0.4 is 10.5 Å². The predicted octanol–water partition coefficient (Wildman–Crippen LogP) is 5.11. The van der Waals surface area contributed by atoms with E-state index in [1.807, 2.05) is 54.6 Å². The molecule has 0 atom stereocenters. The third-order valence-corrected chi connectivity index (χ3v) is 10.8. The number of fused-ring (bicyclic) bond motifs is 1. The fourth-order valence-electron chi connectivity index (χ4n) is 8.07. The zero-order chi connectivity index (χ0) is 30.5. The molecule has 3 N–H and O–H groups in total. The normalized spacial score (nSPS) is 21.6. The van der Waals surface area contributed by atoms with Crippen LogP contribution in [0.1, 0.15) is 44.6 Å². The van der Waals surface area contributed by atoms with Gasteiger partial charge >= 0.3 is 6.09 Å². The van der Waals surface area contributed by atoms with Gasteiger partial charge in [0.2, 0.25) is 0 Å². The Morgan fingerprint density at radius 2 is 1.51 bits per heavy atom. The minimum absolute atomic E-state index is 0.262. The van der Waals surface area contributed by atoms with Gasteiger partial charge in [-0.1, -0.05) is 18.2 Å². The number of likely N-dealkylation sites (tertiary alicyclic amines) is 3. The Morgan fingerprint density at radius 3 is 2.20 bits per heavy atom. The van der Waals surface area contributed by atoms with Gasteiger partial charge in [-0.05, 0) is 93.4 Å². The van der Waals surface area contributed by atoms with Crippen LogP contribution in [0.2, 0.25) is 0 Å². The topological polar surface area (TPSA) is 126 Å². The lowest BCUT2D eigenvalue weighted by molar-refractivity contribution is -0.0696. The van der Waals surface area contributed by atoms with Gasteiger partial charge in [0.1, 0.15) is 29.3 Å². The summed E-state index contributed by atoms with van der Waals surface area (Å²) in [5, 5.41) is 15.1. The summed E-state index contributed by atoms with van der Waals surface area (Å²) < 4.78 is 8.09. The van der Waals surface area contributed by atoms with Crippen molar-refractivity contribution in [2.75, 3.05) is 45.0 Å². The van der Waals surface area contributed by atoms with Gasteiger partial charge < -0.3 is 25.4 Å². The third kappa shape index (κ3) is 5.27. The second kappa shape index (κ2) is 11.3. The fraction of sp³-hybridized carbons (Fsp3) is 0.471. The summed E-state index contributed by atoms with van der Waals surface area (Å²) in [5.74, 6) is 2.01. The van der Waals surface area contributed by atoms with E-state index in [1.165, 1.54) is 36.9 Å². The second-order valence-corrected chi connectivity index (χ2v) is 13.4. The molecule has 1 amide bonds. The van der Waals surface area contributed by atoms with Crippen LogP contribution in [0, 0.1) is 5.41 Å². The molecule has 2 aromatic carbocycles. The third-order valence-electron chi connectivity index (χ3n) is 10.8. The van der Waals surface area contributed by atoms with Crippen LogP contribution in [0.25, 0.3) is 22.3 Å². The first-order chi connectivity index (χ1) is 21.9. The highest BCUT2D eigenvalue weighted by Gasteiger charge is 2.49. The Kier molecular flexibility index (Phi) is 7.09. The Balaban J connectivity index is 0.898. The molecule has 2 aromatic heterocycles. The zero-order valence-electron chi connectivity index (χ0n) is 25.5. The van der Waals surface area contributed by atoms with Crippen molar-refractivity contribution in [1.82, 2.24) is 34.4 Å². The number of anilines is 1. The van der Waals surface area contributed by atoms with Gasteiger partial charge in [0, 0.05) is 43.8 Å². The van der Waals surface area contributed by atoms with Gasteiger partial charge in [0.25, 0.3) is 0 Å². The number of amides is 1. The quantitative estimate of drug-likeness (QED) is 0.307. The molecule has 1 saturated carbocycles. The molecule has 45 heavy (non-hydrogen) atoms. The number of carboxylic acid groups (broad SMARTS) is 1. The van der Waals surface area contributed by atoms with Crippen molar-refractivity contribution in [1.29, 1.82) is 0 Å². The Morgan fingerprint density at radius 1 is 0.844 bits per heavy atom. The van der Waals surface area contributed by atoms with Crippen molar-refractivity contribution in [2.45, 2.75) is 56.7 Å². The number of nitrogens with zero attached hydrogens (tertiary/aromatic N) is 7. The molecule has 4 fully saturated rings. The largest absolute Gasteiger partial charge is 0.465 e. The summed E-state index contributed by atoms with van der Waals surface area (Å²) in [6.07, 6.45) is 7.88. The molecule has 11 heteroatoms. The van der Waals surface area contributed by atoms with Crippen LogP contribution in [0.4, 0.5) is 10.6 Å². The molecule has 5 heterocycles. The molecule has 3 saturated heterocycles. The summed E-state index contributed by atoms with van der Waals surface area (Å²) in [4.78, 5) is 26.8. The van der Waals surface area contributed by atoms with Crippen LogP contribution in [0.15, 0.2) is 60.9 Å². The smallest absolute Gasteiger partial charge is 0.407 e. The fourth-order valence-corrected chi connectivity index (χ4v) is 8.07. The maximum Gasteiger partial charge on any atom is 0.407 e. The highest BCUT2D eigenvalue weighted by Crippen LogP contribution is 2.52. The average molecular weight is 609 g/mol. The van der Waals surface area contributed by atoms with E-state index in [0.717, 1.165) is 72.8 Å². The van der Waals surface area contributed by atoms with Gasteiger partial charge in [-0.3, -0.25) is 4.90 Å². The first-order valence-electron chi connectivity index (χ1n) is 16.2. The van der Waals surface area contributed by atoms with E-state index >= 15 is 0 Å². The number of aromatic nitrogens is 4. The molecule has 0 radical (unpaired) electrons. The Hall–Kier alpha value is -4.22. The molecule has 234 valence electrons. The van der Waals surface area contributed by atoms with Crippen molar-refractivity contribution in [3.63, 3.8) is 0 Å². The first-order valence-corrected chi connectivity index (χ1v) is 16.2. The Bertz CT molecular complexity index is 1660. The van der Waals surface area contributed by atoms with Gasteiger partial charge in [-0.2, -0.15) is 5.10 Å².